The molecule has 4 rings (SSSR count). The Kier molecular flexibility index (Phi) is 6.32. The highest BCUT2D eigenvalue weighted by atomic mass is 16.5. The van der Waals surface area contributed by atoms with E-state index in [2.05, 4.69) is 16.3 Å². The number of anilines is 1. The van der Waals surface area contributed by atoms with Crippen LogP contribution in [0.2, 0.25) is 0 Å². The van der Waals surface area contributed by atoms with Crippen LogP contribution in [-0.4, -0.2) is 67.4 Å². The molecular formula is C22H29N5O3. The molecule has 160 valence electrons. The van der Waals surface area contributed by atoms with E-state index in [1.807, 2.05) is 30.0 Å². The zero-order valence-corrected chi connectivity index (χ0v) is 17.7. The van der Waals surface area contributed by atoms with Crippen molar-refractivity contribution < 1.29 is 14.3 Å². The zero-order chi connectivity index (χ0) is 20.9. The molecule has 8 nitrogen and oxygen atoms in total. The lowest BCUT2D eigenvalue weighted by Gasteiger charge is -2.34. The van der Waals surface area contributed by atoms with Gasteiger partial charge in [0.1, 0.15) is 17.4 Å². The van der Waals surface area contributed by atoms with E-state index in [1.165, 1.54) is 0 Å². The maximum Gasteiger partial charge on any atom is 0.317 e. The van der Waals surface area contributed by atoms with E-state index in [0.29, 0.717) is 39.3 Å². The van der Waals surface area contributed by atoms with Crippen LogP contribution in [0.4, 0.5) is 10.6 Å². The van der Waals surface area contributed by atoms with Crippen LogP contribution in [-0.2, 0) is 24.1 Å². The van der Waals surface area contributed by atoms with Crippen LogP contribution in [0.5, 0.6) is 5.75 Å². The summed E-state index contributed by atoms with van der Waals surface area (Å²) in [7, 11) is 1.67. The van der Waals surface area contributed by atoms with Crippen molar-refractivity contribution >= 4 is 11.8 Å². The minimum absolute atomic E-state index is 0.0310. The second-order valence-corrected chi connectivity index (χ2v) is 7.52. The number of aromatic nitrogens is 2. The first-order valence-electron chi connectivity index (χ1n) is 10.5. The molecule has 1 N–H and O–H groups in total. The third-order valence-corrected chi connectivity index (χ3v) is 5.51. The third kappa shape index (κ3) is 4.48. The first kappa shape index (κ1) is 20.4. The standard InChI is InChI=1S/C22H29N5O3/c1-3-23-22(28)27-8-7-19-18(15-27)21(26-9-11-30-12-10-26)25-20(24-19)14-16-5-4-6-17(13-16)29-2/h4-6,13H,3,7-12,14-15H2,1-2H3,(H,23,28). The molecule has 0 aliphatic carbocycles. The Morgan fingerprint density at radius 1 is 1.23 bits per heavy atom. The van der Waals surface area contributed by atoms with Crippen LogP contribution < -0.4 is 15.0 Å². The fraction of sp³-hybridized carbons (Fsp3) is 0.500. The SMILES string of the molecule is CCNC(=O)N1CCc2nc(Cc3cccc(OC)c3)nc(N3CCOCC3)c2C1. The molecule has 1 aromatic carbocycles. The number of hydrogen-bond acceptors (Lipinski definition) is 6. The number of urea groups is 1. The summed E-state index contributed by atoms with van der Waals surface area (Å²) in [4.78, 5) is 26.4. The van der Waals surface area contributed by atoms with Gasteiger partial charge in [0.15, 0.2) is 0 Å². The number of methoxy groups -OCH3 is 1. The number of amides is 2. The Balaban J connectivity index is 1.66. The Morgan fingerprint density at radius 2 is 2.07 bits per heavy atom. The van der Waals surface area contributed by atoms with Gasteiger partial charge in [-0.1, -0.05) is 12.1 Å². The van der Waals surface area contributed by atoms with Gasteiger partial charge in [0.2, 0.25) is 0 Å². The lowest BCUT2D eigenvalue weighted by atomic mass is 10.0. The van der Waals surface area contributed by atoms with Crippen LogP contribution in [0, 0.1) is 0 Å². The summed E-state index contributed by atoms with van der Waals surface area (Å²) in [6.07, 6.45) is 1.37. The number of ether oxygens (including phenoxy) is 2. The van der Waals surface area contributed by atoms with Crippen molar-refractivity contribution in [3.63, 3.8) is 0 Å². The molecule has 2 aromatic rings. The number of nitrogens with one attached hydrogen (secondary N) is 1. The van der Waals surface area contributed by atoms with Gasteiger partial charge >= 0.3 is 6.03 Å². The molecule has 2 aliphatic heterocycles. The molecule has 2 amide bonds. The largest absolute Gasteiger partial charge is 0.497 e. The summed E-state index contributed by atoms with van der Waals surface area (Å²) in [6, 6.07) is 7.98. The maximum atomic E-state index is 12.4. The topological polar surface area (TPSA) is 79.8 Å². The predicted molar refractivity (Wildman–Crippen MR) is 114 cm³/mol. The molecule has 3 heterocycles. The molecule has 0 radical (unpaired) electrons. The van der Waals surface area contributed by atoms with Gasteiger partial charge in [-0.25, -0.2) is 14.8 Å². The third-order valence-electron chi connectivity index (χ3n) is 5.51. The highest BCUT2D eigenvalue weighted by molar-refractivity contribution is 5.74. The smallest absolute Gasteiger partial charge is 0.317 e. The summed E-state index contributed by atoms with van der Waals surface area (Å²) in [5.41, 5.74) is 3.22. The van der Waals surface area contributed by atoms with Gasteiger partial charge in [0, 0.05) is 44.6 Å². The van der Waals surface area contributed by atoms with E-state index in [1.54, 1.807) is 7.11 Å². The average molecular weight is 412 g/mol. The monoisotopic (exact) mass is 411 g/mol. The lowest BCUT2D eigenvalue weighted by molar-refractivity contribution is 0.122. The van der Waals surface area contributed by atoms with Gasteiger partial charge in [-0.15, -0.1) is 0 Å². The van der Waals surface area contributed by atoms with E-state index in [9.17, 15) is 4.79 Å². The second kappa shape index (κ2) is 9.30. The average Bonchev–Trinajstić information content (AvgIpc) is 2.79. The number of morpholine rings is 1. The van der Waals surface area contributed by atoms with Crippen molar-refractivity contribution in [2.24, 2.45) is 0 Å². The van der Waals surface area contributed by atoms with E-state index < -0.39 is 0 Å². The predicted octanol–water partition coefficient (Wildman–Crippen LogP) is 2.00. The molecule has 0 atom stereocenters. The molecule has 1 aromatic heterocycles. The van der Waals surface area contributed by atoms with Gasteiger partial charge < -0.3 is 24.6 Å². The lowest BCUT2D eigenvalue weighted by Crippen LogP contribution is -2.44. The number of carbonyl (C=O) groups excluding carboxylic acids is 1. The van der Waals surface area contributed by atoms with Crippen LogP contribution in [0.25, 0.3) is 0 Å². The molecule has 0 bridgehead atoms. The van der Waals surface area contributed by atoms with Gasteiger partial charge in [-0.3, -0.25) is 0 Å². The molecule has 8 heteroatoms. The molecule has 0 saturated carbocycles. The highest BCUT2D eigenvalue weighted by Crippen LogP contribution is 2.28. The fourth-order valence-corrected chi connectivity index (χ4v) is 3.96. The van der Waals surface area contributed by atoms with Crippen molar-refractivity contribution in [3.05, 3.63) is 46.9 Å². The summed E-state index contributed by atoms with van der Waals surface area (Å²) >= 11 is 0. The minimum Gasteiger partial charge on any atom is -0.497 e. The molecule has 30 heavy (non-hydrogen) atoms. The van der Waals surface area contributed by atoms with Crippen molar-refractivity contribution in [3.8, 4) is 5.75 Å². The van der Waals surface area contributed by atoms with E-state index in [0.717, 1.165) is 53.7 Å². The van der Waals surface area contributed by atoms with Crippen LogP contribution in [0.15, 0.2) is 24.3 Å². The van der Waals surface area contributed by atoms with Crippen molar-refractivity contribution in [1.82, 2.24) is 20.2 Å². The molecule has 0 unspecified atom stereocenters. The van der Waals surface area contributed by atoms with Crippen LogP contribution in [0.1, 0.15) is 29.6 Å². The fourth-order valence-electron chi connectivity index (χ4n) is 3.96. The van der Waals surface area contributed by atoms with E-state index in [-0.39, 0.29) is 6.03 Å². The number of rotatable bonds is 5. The number of fused-ring (bicyclic) bond motifs is 1. The Hall–Kier alpha value is -2.87. The van der Waals surface area contributed by atoms with Gasteiger partial charge in [0.05, 0.1) is 32.6 Å². The summed E-state index contributed by atoms with van der Waals surface area (Å²) in [5.74, 6) is 2.57. The highest BCUT2D eigenvalue weighted by Gasteiger charge is 2.28. The summed E-state index contributed by atoms with van der Waals surface area (Å²) in [6.45, 7) is 6.71. The van der Waals surface area contributed by atoms with Gasteiger partial charge in [-0.05, 0) is 24.6 Å². The van der Waals surface area contributed by atoms with E-state index >= 15 is 0 Å². The number of hydrogen-bond donors (Lipinski definition) is 1. The van der Waals surface area contributed by atoms with Crippen LogP contribution in [0.3, 0.4) is 0 Å². The minimum atomic E-state index is -0.0310. The number of benzene rings is 1. The Morgan fingerprint density at radius 3 is 2.83 bits per heavy atom. The molecular weight excluding hydrogens is 382 g/mol. The summed E-state index contributed by atoms with van der Waals surface area (Å²) < 4.78 is 10.9. The first-order chi connectivity index (χ1) is 14.7. The molecule has 1 fully saturated rings. The van der Waals surface area contributed by atoms with Gasteiger partial charge in [-0.2, -0.15) is 0 Å². The van der Waals surface area contributed by atoms with E-state index in [4.69, 9.17) is 19.4 Å². The van der Waals surface area contributed by atoms with Gasteiger partial charge in [0.25, 0.3) is 0 Å². The Bertz CT molecular complexity index is 898. The zero-order valence-electron chi connectivity index (χ0n) is 17.7. The number of nitrogens with zero attached hydrogens (tertiary/aromatic N) is 4. The normalized spacial score (nSPS) is 16.2. The quantitative estimate of drug-likeness (QED) is 0.811. The van der Waals surface area contributed by atoms with Crippen molar-refractivity contribution in [1.29, 1.82) is 0 Å². The van der Waals surface area contributed by atoms with Crippen molar-refractivity contribution in [2.45, 2.75) is 26.3 Å². The molecule has 2 aliphatic rings. The Labute approximate surface area is 177 Å². The molecule has 0 spiro atoms. The second-order valence-electron chi connectivity index (χ2n) is 7.52. The summed E-state index contributed by atoms with van der Waals surface area (Å²) in [5, 5.41) is 2.90. The van der Waals surface area contributed by atoms with Crippen LogP contribution >= 0.6 is 0 Å². The first-order valence-corrected chi connectivity index (χ1v) is 10.5. The van der Waals surface area contributed by atoms with Crippen molar-refractivity contribution in [2.75, 3.05) is 51.4 Å². The maximum absolute atomic E-state index is 12.4. The molecule has 1 saturated heterocycles. The number of carbonyl (C=O) groups is 1.